The lowest BCUT2D eigenvalue weighted by molar-refractivity contribution is -0.112. The number of guanidine groups is 1. The van der Waals surface area contributed by atoms with Crippen molar-refractivity contribution < 1.29 is 4.79 Å². The lowest BCUT2D eigenvalue weighted by Crippen LogP contribution is -2.28. The van der Waals surface area contributed by atoms with Crippen LogP contribution in [0, 0.1) is 11.8 Å². The number of hydrogen-bond donors (Lipinski definition) is 2. The van der Waals surface area contributed by atoms with E-state index in [1.54, 1.807) is 0 Å². The molecule has 0 aliphatic rings. The summed E-state index contributed by atoms with van der Waals surface area (Å²) in [7, 11) is 0. The van der Waals surface area contributed by atoms with Crippen LogP contribution in [-0.2, 0) is 4.79 Å². The molecule has 4 nitrogen and oxygen atoms in total. The summed E-state index contributed by atoms with van der Waals surface area (Å²) >= 11 is 0. The van der Waals surface area contributed by atoms with E-state index in [0.29, 0.717) is 0 Å². The Balaban J connectivity index is 4.18. The van der Waals surface area contributed by atoms with Crippen LogP contribution in [0.4, 0.5) is 0 Å². The molecular weight excluding hydrogens is 154 g/mol. The van der Waals surface area contributed by atoms with Crippen LogP contribution in [-0.4, -0.2) is 18.3 Å². The molecule has 0 amide bonds. The Morgan fingerprint density at radius 1 is 1.33 bits per heavy atom. The van der Waals surface area contributed by atoms with Gasteiger partial charge in [0.15, 0.2) is 5.96 Å². The first-order valence-electron chi connectivity index (χ1n) is 4.03. The molecule has 0 rings (SSSR count). The molecule has 0 aromatic rings. The summed E-state index contributed by atoms with van der Waals surface area (Å²) in [5.41, 5.74) is 10.4. The molecule has 0 aromatic heterocycles. The van der Waals surface area contributed by atoms with Gasteiger partial charge in [-0.2, -0.15) is 0 Å². The Labute approximate surface area is 73.0 Å². The van der Waals surface area contributed by atoms with Gasteiger partial charge in [0.25, 0.3) is 0 Å². The van der Waals surface area contributed by atoms with Gasteiger partial charge in [-0.15, -0.1) is 0 Å². The van der Waals surface area contributed by atoms with E-state index in [0.717, 1.165) is 6.29 Å². The fourth-order valence-electron chi connectivity index (χ4n) is 0.916. The van der Waals surface area contributed by atoms with Crippen molar-refractivity contribution in [3.63, 3.8) is 0 Å². The quantitative estimate of drug-likeness (QED) is 0.358. The minimum Gasteiger partial charge on any atom is -0.370 e. The molecule has 3 unspecified atom stereocenters. The Morgan fingerprint density at radius 3 is 2.17 bits per heavy atom. The van der Waals surface area contributed by atoms with Crippen LogP contribution in [0.2, 0.25) is 0 Å². The Morgan fingerprint density at radius 2 is 1.83 bits per heavy atom. The third-order valence-electron chi connectivity index (χ3n) is 2.16. The molecule has 3 atom stereocenters. The van der Waals surface area contributed by atoms with Crippen molar-refractivity contribution in [1.82, 2.24) is 0 Å². The molecule has 0 spiro atoms. The molecule has 0 fully saturated rings. The van der Waals surface area contributed by atoms with E-state index in [1.165, 1.54) is 0 Å². The molecule has 0 heterocycles. The number of carbonyl (C=O) groups excluding carboxylic acids is 1. The summed E-state index contributed by atoms with van der Waals surface area (Å²) in [6.07, 6.45) is 0.920. The van der Waals surface area contributed by atoms with Crippen molar-refractivity contribution in [3.8, 4) is 0 Å². The van der Waals surface area contributed by atoms with E-state index in [1.807, 2.05) is 20.8 Å². The zero-order valence-electron chi connectivity index (χ0n) is 7.82. The van der Waals surface area contributed by atoms with Gasteiger partial charge in [-0.25, -0.2) is 0 Å². The van der Waals surface area contributed by atoms with Crippen LogP contribution in [0.15, 0.2) is 4.99 Å². The largest absolute Gasteiger partial charge is 0.370 e. The first-order chi connectivity index (χ1) is 5.49. The van der Waals surface area contributed by atoms with Crippen molar-refractivity contribution in [2.45, 2.75) is 26.8 Å². The van der Waals surface area contributed by atoms with Gasteiger partial charge in [-0.05, 0) is 12.8 Å². The van der Waals surface area contributed by atoms with Gasteiger partial charge < -0.3 is 16.3 Å². The van der Waals surface area contributed by atoms with Gasteiger partial charge in [0.2, 0.25) is 0 Å². The van der Waals surface area contributed by atoms with Gasteiger partial charge in [0.05, 0.1) is 6.04 Å². The number of rotatable bonds is 4. The first kappa shape index (κ1) is 10.9. The first-order valence-corrected chi connectivity index (χ1v) is 4.03. The molecule has 4 heteroatoms. The Kier molecular flexibility index (Phi) is 4.33. The van der Waals surface area contributed by atoms with E-state index in [9.17, 15) is 4.79 Å². The summed E-state index contributed by atoms with van der Waals surface area (Å²) in [6, 6.07) is -0.00444. The predicted molar refractivity (Wildman–Crippen MR) is 49.7 cm³/mol. The van der Waals surface area contributed by atoms with Crippen LogP contribution >= 0.6 is 0 Å². The summed E-state index contributed by atoms with van der Waals surface area (Å²) in [6.45, 7) is 5.71. The second kappa shape index (κ2) is 4.74. The van der Waals surface area contributed by atoms with Crippen molar-refractivity contribution >= 4 is 12.2 Å². The molecule has 4 N–H and O–H groups in total. The second-order valence-electron chi connectivity index (χ2n) is 3.15. The monoisotopic (exact) mass is 171 g/mol. The Hall–Kier alpha value is -1.06. The molecular formula is C8H17N3O. The lowest BCUT2D eigenvalue weighted by Gasteiger charge is -2.18. The highest BCUT2D eigenvalue weighted by Crippen LogP contribution is 2.15. The average molecular weight is 171 g/mol. The van der Waals surface area contributed by atoms with Crippen molar-refractivity contribution in [1.29, 1.82) is 0 Å². The fraction of sp³-hybridized carbons (Fsp3) is 0.750. The van der Waals surface area contributed by atoms with Gasteiger partial charge in [0.1, 0.15) is 6.29 Å². The maximum absolute atomic E-state index is 10.4. The molecule has 0 aliphatic heterocycles. The van der Waals surface area contributed by atoms with E-state index in [4.69, 9.17) is 11.5 Å². The zero-order valence-corrected chi connectivity index (χ0v) is 7.82. The fourth-order valence-corrected chi connectivity index (χ4v) is 0.916. The summed E-state index contributed by atoms with van der Waals surface area (Å²) in [5, 5.41) is 0. The Bertz CT molecular complexity index is 175. The van der Waals surface area contributed by atoms with E-state index >= 15 is 0 Å². The van der Waals surface area contributed by atoms with Crippen LogP contribution < -0.4 is 11.5 Å². The average Bonchev–Trinajstić information content (AvgIpc) is 2.00. The van der Waals surface area contributed by atoms with Gasteiger partial charge in [-0.3, -0.25) is 4.99 Å². The summed E-state index contributed by atoms with van der Waals surface area (Å²) in [4.78, 5) is 14.4. The summed E-state index contributed by atoms with van der Waals surface area (Å²) in [5.74, 6) is 0.236. The minimum atomic E-state index is -0.0110. The highest BCUT2D eigenvalue weighted by molar-refractivity contribution is 5.75. The van der Waals surface area contributed by atoms with Gasteiger partial charge in [0, 0.05) is 5.92 Å². The SMILES string of the molecule is CC(C=O)C(C)C(C)N=C(N)N. The number of carbonyl (C=O) groups is 1. The lowest BCUT2D eigenvalue weighted by atomic mass is 9.91. The molecule has 70 valence electrons. The van der Waals surface area contributed by atoms with Crippen LogP contribution in [0.5, 0.6) is 0 Å². The van der Waals surface area contributed by atoms with Crippen LogP contribution in [0.1, 0.15) is 20.8 Å². The molecule has 0 aliphatic carbocycles. The van der Waals surface area contributed by atoms with Gasteiger partial charge >= 0.3 is 0 Å². The van der Waals surface area contributed by atoms with Crippen molar-refractivity contribution in [3.05, 3.63) is 0 Å². The number of aliphatic imine (C=N–C) groups is 1. The van der Waals surface area contributed by atoms with E-state index < -0.39 is 0 Å². The maximum Gasteiger partial charge on any atom is 0.186 e. The number of hydrogen-bond acceptors (Lipinski definition) is 2. The number of nitrogens with two attached hydrogens (primary N) is 2. The molecule has 0 radical (unpaired) electrons. The van der Waals surface area contributed by atoms with Crippen LogP contribution in [0.3, 0.4) is 0 Å². The maximum atomic E-state index is 10.4. The molecule has 0 bridgehead atoms. The third kappa shape index (κ3) is 3.37. The van der Waals surface area contributed by atoms with E-state index in [2.05, 4.69) is 4.99 Å². The van der Waals surface area contributed by atoms with E-state index in [-0.39, 0.29) is 23.8 Å². The molecule has 0 aromatic carbocycles. The smallest absolute Gasteiger partial charge is 0.186 e. The van der Waals surface area contributed by atoms with Crippen LogP contribution in [0.25, 0.3) is 0 Å². The summed E-state index contributed by atoms with van der Waals surface area (Å²) < 4.78 is 0. The highest BCUT2D eigenvalue weighted by Gasteiger charge is 2.17. The topological polar surface area (TPSA) is 81.5 Å². The van der Waals surface area contributed by atoms with Crippen molar-refractivity contribution in [2.24, 2.45) is 28.3 Å². The highest BCUT2D eigenvalue weighted by atomic mass is 16.1. The predicted octanol–water partition coefficient (Wildman–Crippen LogP) is 0.119. The second-order valence-corrected chi connectivity index (χ2v) is 3.15. The third-order valence-corrected chi connectivity index (χ3v) is 2.16. The number of aldehydes is 1. The normalized spacial score (nSPS) is 17.6. The number of nitrogens with zero attached hydrogens (tertiary/aromatic N) is 1. The van der Waals surface area contributed by atoms with Gasteiger partial charge in [-0.1, -0.05) is 13.8 Å². The standard InChI is InChI=1S/C8H17N3O/c1-5(4-12)6(2)7(3)11-8(9)10/h4-7H,1-3H3,(H4,9,10,11). The van der Waals surface area contributed by atoms with Crippen molar-refractivity contribution in [2.75, 3.05) is 0 Å². The minimum absolute atomic E-state index is 0.00444. The zero-order chi connectivity index (χ0) is 9.72. The molecule has 0 saturated carbocycles. The molecule has 12 heavy (non-hydrogen) atoms. The molecule has 0 saturated heterocycles.